The van der Waals surface area contributed by atoms with Gasteiger partial charge in [-0.05, 0) is 49.2 Å². The number of amides is 1. The van der Waals surface area contributed by atoms with E-state index >= 15 is 0 Å². The number of aromatic nitrogens is 2. The highest BCUT2D eigenvalue weighted by Crippen LogP contribution is 2.29. The first-order valence-corrected chi connectivity index (χ1v) is 11.2. The predicted molar refractivity (Wildman–Crippen MR) is 114 cm³/mol. The van der Waals surface area contributed by atoms with E-state index in [1.807, 2.05) is 6.07 Å². The van der Waals surface area contributed by atoms with Crippen molar-refractivity contribution in [2.45, 2.75) is 23.8 Å². The Hall–Kier alpha value is -2.46. The summed E-state index contributed by atoms with van der Waals surface area (Å²) in [6, 6.07) is 9.50. The van der Waals surface area contributed by atoms with Crippen molar-refractivity contribution in [1.29, 1.82) is 0 Å². The van der Waals surface area contributed by atoms with Crippen molar-refractivity contribution in [1.82, 2.24) is 14.3 Å². The lowest BCUT2D eigenvalue weighted by molar-refractivity contribution is 0.102. The Morgan fingerprint density at radius 1 is 1.27 bits per heavy atom. The first-order chi connectivity index (χ1) is 14.3. The lowest BCUT2D eigenvalue weighted by Gasteiger charge is -2.14. The summed E-state index contributed by atoms with van der Waals surface area (Å²) in [5.41, 5.74) is 2.31. The molecule has 0 aliphatic carbocycles. The number of H-pyrrole nitrogens is 1. The molecule has 0 saturated carbocycles. The van der Waals surface area contributed by atoms with Crippen LogP contribution in [0.1, 0.15) is 35.1 Å². The normalized spacial score (nSPS) is 17.0. The van der Waals surface area contributed by atoms with E-state index < -0.39 is 15.9 Å². The molecule has 1 aliphatic heterocycles. The van der Waals surface area contributed by atoms with Crippen LogP contribution in [0.4, 0.5) is 5.69 Å². The molecule has 10 heteroatoms. The molecule has 8 nitrogen and oxygen atoms in total. The van der Waals surface area contributed by atoms with Gasteiger partial charge in [-0.25, -0.2) is 17.7 Å². The highest BCUT2D eigenvalue weighted by atomic mass is 35.5. The molecular weight excluding hydrogens is 428 g/mol. The third kappa shape index (κ3) is 3.93. The maximum Gasteiger partial charge on any atom is 0.255 e. The van der Waals surface area contributed by atoms with Gasteiger partial charge in [0, 0.05) is 32.0 Å². The van der Waals surface area contributed by atoms with Crippen molar-refractivity contribution in [2.24, 2.45) is 0 Å². The van der Waals surface area contributed by atoms with Gasteiger partial charge in [0.2, 0.25) is 10.0 Å². The molecule has 1 aliphatic rings. The Balaban J connectivity index is 1.58. The summed E-state index contributed by atoms with van der Waals surface area (Å²) in [6.45, 7) is 0.732. The third-order valence-corrected chi connectivity index (χ3v) is 7.24. The van der Waals surface area contributed by atoms with Gasteiger partial charge in [-0.3, -0.25) is 4.79 Å². The number of carbonyl (C=O) groups is 1. The number of halogens is 1. The van der Waals surface area contributed by atoms with Gasteiger partial charge < -0.3 is 15.0 Å². The van der Waals surface area contributed by atoms with Gasteiger partial charge >= 0.3 is 0 Å². The summed E-state index contributed by atoms with van der Waals surface area (Å²) in [6.07, 6.45) is 1.91. The van der Waals surface area contributed by atoms with Crippen molar-refractivity contribution >= 4 is 44.3 Å². The zero-order valence-electron chi connectivity index (χ0n) is 16.5. The lowest BCUT2D eigenvalue weighted by Crippen LogP contribution is -2.23. The number of benzene rings is 2. The molecular formula is C20H21ClN4O4S. The number of rotatable bonds is 5. The van der Waals surface area contributed by atoms with Gasteiger partial charge in [-0.15, -0.1) is 0 Å². The average molecular weight is 449 g/mol. The fourth-order valence-corrected chi connectivity index (χ4v) is 4.69. The summed E-state index contributed by atoms with van der Waals surface area (Å²) in [4.78, 5) is 20.4. The summed E-state index contributed by atoms with van der Waals surface area (Å²) >= 11 is 6.05. The van der Waals surface area contributed by atoms with E-state index in [9.17, 15) is 13.2 Å². The Kier molecular flexibility index (Phi) is 5.54. The molecule has 1 unspecified atom stereocenters. The molecule has 0 bridgehead atoms. The van der Waals surface area contributed by atoms with Gasteiger partial charge in [0.15, 0.2) is 0 Å². The predicted octanol–water partition coefficient (Wildman–Crippen LogP) is 3.57. The van der Waals surface area contributed by atoms with Crippen molar-refractivity contribution in [3.05, 3.63) is 52.8 Å². The molecule has 2 heterocycles. The molecule has 2 N–H and O–H groups in total. The first-order valence-electron chi connectivity index (χ1n) is 9.40. The van der Waals surface area contributed by atoms with E-state index in [4.69, 9.17) is 16.3 Å². The summed E-state index contributed by atoms with van der Waals surface area (Å²) in [7, 11) is -0.963. The summed E-state index contributed by atoms with van der Waals surface area (Å²) in [5.74, 6) is 0.335. The van der Waals surface area contributed by atoms with Crippen LogP contribution in [0.2, 0.25) is 5.02 Å². The first kappa shape index (κ1) is 20.8. The second-order valence-electron chi connectivity index (χ2n) is 7.24. The minimum atomic E-state index is -3.77. The van der Waals surface area contributed by atoms with E-state index in [1.165, 1.54) is 32.3 Å². The van der Waals surface area contributed by atoms with Crippen LogP contribution in [0.5, 0.6) is 0 Å². The smallest absolute Gasteiger partial charge is 0.255 e. The molecule has 1 aromatic heterocycles. The molecule has 0 spiro atoms. The minimum absolute atomic E-state index is 0.0263. The maximum absolute atomic E-state index is 12.7. The Labute approximate surface area is 179 Å². The molecule has 3 aromatic rings. The lowest BCUT2D eigenvalue weighted by atomic mass is 10.2. The average Bonchev–Trinajstić information content (AvgIpc) is 3.37. The SMILES string of the molecule is CN(C)S(=O)(=O)c1cc(C(=O)Nc2ccc3nc(C4CCCO4)[nH]c3c2)ccc1Cl. The van der Waals surface area contributed by atoms with Crippen molar-refractivity contribution in [2.75, 3.05) is 26.0 Å². The number of fused-ring (bicyclic) bond motifs is 1. The van der Waals surface area contributed by atoms with E-state index in [0.29, 0.717) is 5.69 Å². The number of nitrogens with one attached hydrogen (secondary N) is 2. The van der Waals surface area contributed by atoms with E-state index in [0.717, 1.165) is 40.6 Å². The van der Waals surface area contributed by atoms with Crippen molar-refractivity contribution < 1.29 is 17.9 Å². The standard InChI is InChI=1S/C20H21ClN4O4S/c1-25(2)30(27,28)18-10-12(5-7-14(18)21)20(26)22-13-6-8-15-16(11-13)24-19(23-15)17-4-3-9-29-17/h5-8,10-11,17H,3-4,9H2,1-2H3,(H,22,26)(H,23,24). The van der Waals surface area contributed by atoms with Crippen LogP contribution in [0, 0.1) is 0 Å². The molecule has 0 radical (unpaired) electrons. The van der Waals surface area contributed by atoms with Gasteiger partial charge in [0.25, 0.3) is 5.91 Å². The molecule has 30 heavy (non-hydrogen) atoms. The Bertz CT molecular complexity index is 1220. The van der Waals surface area contributed by atoms with Gasteiger partial charge in [-0.1, -0.05) is 11.6 Å². The Morgan fingerprint density at radius 3 is 2.77 bits per heavy atom. The van der Waals surface area contributed by atoms with E-state index in [1.54, 1.807) is 12.1 Å². The van der Waals surface area contributed by atoms with Crippen LogP contribution in [-0.4, -0.2) is 49.3 Å². The van der Waals surface area contributed by atoms with Crippen LogP contribution in [0.15, 0.2) is 41.3 Å². The quantitative estimate of drug-likeness (QED) is 0.620. The number of imidazole rings is 1. The molecule has 158 valence electrons. The fraction of sp³-hybridized carbons (Fsp3) is 0.300. The molecule has 1 amide bonds. The number of hydrogen-bond donors (Lipinski definition) is 2. The highest BCUT2D eigenvalue weighted by molar-refractivity contribution is 7.89. The number of ether oxygens (including phenoxy) is 1. The third-order valence-electron chi connectivity index (χ3n) is 4.94. The molecule has 1 atom stereocenters. The van der Waals surface area contributed by atoms with Gasteiger partial charge in [-0.2, -0.15) is 0 Å². The van der Waals surface area contributed by atoms with Gasteiger partial charge in [0.05, 0.1) is 16.1 Å². The molecule has 2 aromatic carbocycles. The number of nitrogens with zero attached hydrogens (tertiary/aromatic N) is 2. The number of hydrogen-bond acceptors (Lipinski definition) is 5. The Morgan fingerprint density at radius 2 is 2.07 bits per heavy atom. The van der Waals surface area contributed by atoms with Crippen LogP contribution in [0.25, 0.3) is 11.0 Å². The topological polar surface area (TPSA) is 104 Å². The zero-order chi connectivity index (χ0) is 21.5. The molecule has 1 fully saturated rings. The van der Waals surface area contributed by atoms with Gasteiger partial charge in [0.1, 0.15) is 16.8 Å². The van der Waals surface area contributed by atoms with Crippen molar-refractivity contribution in [3.63, 3.8) is 0 Å². The van der Waals surface area contributed by atoms with E-state index in [-0.39, 0.29) is 21.6 Å². The second-order valence-corrected chi connectivity index (χ2v) is 9.77. The van der Waals surface area contributed by atoms with E-state index in [2.05, 4.69) is 15.3 Å². The summed E-state index contributed by atoms with van der Waals surface area (Å²) in [5, 5.41) is 2.84. The van der Waals surface area contributed by atoms with Crippen LogP contribution < -0.4 is 5.32 Å². The molecule has 1 saturated heterocycles. The number of carbonyl (C=O) groups excluding carboxylic acids is 1. The number of anilines is 1. The van der Waals surface area contributed by atoms with Crippen LogP contribution in [0.3, 0.4) is 0 Å². The highest BCUT2D eigenvalue weighted by Gasteiger charge is 2.23. The molecule has 4 rings (SSSR count). The fourth-order valence-electron chi connectivity index (χ4n) is 3.30. The van der Waals surface area contributed by atoms with Crippen LogP contribution >= 0.6 is 11.6 Å². The zero-order valence-corrected chi connectivity index (χ0v) is 18.0. The monoisotopic (exact) mass is 448 g/mol. The largest absolute Gasteiger partial charge is 0.370 e. The van der Waals surface area contributed by atoms with Crippen molar-refractivity contribution in [3.8, 4) is 0 Å². The number of aromatic amines is 1. The number of sulfonamides is 1. The second kappa shape index (κ2) is 7.99. The van der Waals surface area contributed by atoms with Crippen LogP contribution in [-0.2, 0) is 14.8 Å². The minimum Gasteiger partial charge on any atom is -0.370 e. The summed E-state index contributed by atoms with van der Waals surface area (Å²) < 4.78 is 31.6. The maximum atomic E-state index is 12.7.